The Morgan fingerprint density at radius 1 is 1.00 bits per heavy atom. The SMILES string of the molecule is C[Si](C)(C1CC(Cc2ccccc2)C2C=CC=CC21)N1CCNCC1. The third-order valence-corrected chi connectivity index (χ3v) is 11.5. The fourth-order valence-electron chi connectivity index (χ4n) is 5.53. The Morgan fingerprint density at radius 3 is 2.40 bits per heavy atom. The van der Waals surface area contributed by atoms with E-state index in [1.54, 1.807) is 0 Å². The summed E-state index contributed by atoms with van der Waals surface area (Å²) in [6, 6.07) is 11.1. The lowest BCUT2D eigenvalue weighted by molar-refractivity contribution is 0.346. The summed E-state index contributed by atoms with van der Waals surface area (Å²) in [6.45, 7) is 10.1. The fraction of sp³-hybridized carbons (Fsp3) is 0.545. The summed E-state index contributed by atoms with van der Waals surface area (Å²) in [6.07, 6.45) is 12.3. The normalized spacial score (nSPS) is 32.7. The van der Waals surface area contributed by atoms with Gasteiger partial charge in [-0.3, -0.25) is 0 Å². The number of rotatable bonds is 4. The second-order valence-electron chi connectivity index (χ2n) is 8.61. The molecule has 4 unspecified atom stereocenters. The molecule has 134 valence electrons. The van der Waals surface area contributed by atoms with Crippen molar-refractivity contribution in [2.45, 2.75) is 31.5 Å². The second-order valence-corrected chi connectivity index (χ2v) is 13.3. The number of hydrogen-bond acceptors (Lipinski definition) is 2. The van der Waals surface area contributed by atoms with Crippen LogP contribution in [-0.2, 0) is 6.42 Å². The van der Waals surface area contributed by atoms with Crippen molar-refractivity contribution in [3.63, 3.8) is 0 Å². The van der Waals surface area contributed by atoms with Gasteiger partial charge in [-0.05, 0) is 41.7 Å². The maximum atomic E-state index is 3.53. The van der Waals surface area contributed by atoms with Crippen LogP contribution in [0.5, 0.6) is 0 Å². The zero-order valence-corrected chi connectivity index (χ0v) is 16.7. The van der Waals surface area contributed by atoms with E-state index in [1.807, 2.05) is 0 Å². The summed E-state index contributed by atoms with van der Waals surface area (Å²) in [7, 11) is -1.43. The van der Waals surface area contributed by atoms with Gasteiger partial charge in [-0.25, -0.2) is 0 Å². The van der Waals surface area contributed by atoms with Crippen molar-refractivity contribution in [1.29, 1.82) is 0 Å². The molecule has 1 aromatic rings. The van der Waals surface area contributed by atoms with Crippen LogP contribution in [0.1, 0.15) is 12.0 Å². The summed E-state index contributed by atoms with van der Waals surface area (Å²) in [5.74, 6) is 2.30. The predicted molar refractivity (Wildman–Crippen MR) is 109 cm³/mol. The molecule has 1 heterocycles. The lowest BCUT2D eigenvalue weighted by atomic mass is 9.83. The third kappa shape index (κ3) is 3.42. The molecule has 1 N–H and O–H groups in total. The van der Waals surface area contributed by atoms with Crippen LogP contribution in [0.4, 0.5) is 0 Å². The molecule has 0 amide bonds. The van der Waals surface area contributed by atoms with Gasteiger partial charge in [-0.1, -0.05) is 67.7 Å². The molecule has 2 nitrogen and oxygen atoms in total. The van der Waals surface area contributed by atoms with Crippen molar-refractivity contribution in [2.24, 2.45) is 17.8 Å². The molecule has 1 saturated heterocycles. The van der Waals surface area contributed by atoms with Crippen molar-refractivity contribution in [3.05, 3.63) is 60.2 Å². The molecule has 1 aliphatic heterocycles. The Labute approximate surface area is 154 Å². The molecule has 4 atom stereocenters. The van der Waals surface area contributed by atoms with Gasteiger partial charge in [0.15, 0.2) is 0 Å². The summed E-state index contributed by atoms with van der Waals surface area (Å²) in [5, 5.41) is 3.53. The Hall–Kier alpha value is -1.16. The minimum Gasteiger partial charge on any atom is -0.321 e. The van der Waals surface area contributed by atoms with Crippen molar-refractivity contribution >= 4 is 8.24 Å². The monoisotopic (exact) mass is 352 g/mol. The van der Waals surface area contributed by atoms with Gasteiger partial charge in [-0.15, -0.1) is 0 Å². The average Bonchev–Trinajstić information content (AvgIpc) is 3.03. The zero-order valence-electron chi connectivity index (χ0n) is 15.7. The molecule has 4 rings (SSSR count). The highest BCUT2D eigenvalue weighted by Gasteiger charge is 2.50. The minimum atomic E-state index is -1.43. The lowest BCUT2D eigenvalue weighted by Crippen LogP contribution is -2.59. The number of fused-ring (bicyclic) bond motifs is 1. The smallest absolute Gasteiger partial charge is 0.126 e. The molecule has 1 saturated carbocycles. The van der Waals surface area contributed by atoms with Crippen LogP contribution in [0.3, 0.4) is 0 Å². The van der Waals surface area contributed by atoms with Crippen LogP contribution in [0.25, 0.3) is 0 Å². The molecule has 0 aromatic heterocycles. The van der Waals surface area contributed by atoms with E-state index in [-0.39, 0.29) is 0 Å². The fourth-order valence-corrected chi connectivity index (χ4v) is 9.53. The Balaban J connectivity index is 1.56. The highest BCUT2D eigenvalue weighted by Crippen LogP contribution is 2.53. The van der Waals surface area contributed by atoms with E-state index in [4.69, 9.17) is 0 Å². The number of benzene rings is 1. The first-order valence-electron chi connectivity index (χ1n) is 10.0. The molecule has 2 fully saturated rings. The van der Waals surface area contributed by atoms with Crippen molar-refractivity contribution < 1.29 is 0 Å². The van der Waals surface area contributed by atoms with Crippen molar-refractivity contribution in [1.82, 2.24) is 9.88 Å². The summed E-state index contributed by atoms with van der Waals surface area (Å²) in [5.41, 5.74) is 2.39. The highest BCUT2D eigenvalue weighted by atomic mass is 28.3. The first kappa shape index (κ1) is 17.3. The molecule has 0 bridgehead atoms. The summed E-state index contributed by atoms with van der Waals surface area (Å²) < 4.78 is 2.88. The maximum Gasteiger partial charge on any atom is 0.126 e. The van der Waals surface area contributed by atoms with E-state index in [0.29, 0.717) is 0 Å². The van der Waals surface area contributed by atoms with Crippen LogP contribution in [-0.4, -0.2) is 39.0 Å². The molecule has 3 heteroatoms. The van der Waals surface area contributed by atoms with Crippen LogP contribution in [0.15, 0.2) is 54.6 Å². The summed E-state index contributed by atoms with van der Waals surface area (Å²) >= 11 is 0. The molecule has 3 aliphatic rings. The van der Waals surface area contributed by atoms with Crippen LogP contribution in [0, 0.1) is 17.8 Å². The van der Waals surface area contributed by atoms with Crippen LogP contribution < -0.4 is 5.32 Å². The molecule has 25 heavy (non-hydrogen) atoms. The largest absolute Gasteiger partial charge is 0.321 e. The number of nitrogens with one attached hydrogen (secondary N) is 1. The topological polar surface area (TPSA) is 15.3 Å². The number of nitrogens with zero attached hydrogens (tertiary/aromatic N) is 1. The molecule has 0 spiro atoms. The van der Waals surface area contributed by atoms with E-state index < -0.39 is 8.24 Å². The Morgan fingerprint density at radius 2 is 1.68 bits per heavy atom. The van der Waals surface area contributed by atoms with E-state index in [2.05, 4.69) is 77.6 Å². The molecular weight excluding hydrogens is 320 g/mol. The molecule has 0 radical (unpaired) electrons. The van der Waals surface area contributed by atoms with E-state index in [1.165, 1.54) is 44.6 Å². The standard InChI is InChI=1S/C22H32N2Si/c1-25(2,24-14-12-23-13-15-24)22-17-19(16-18-8-4-3-5-9-18)20-10-6-7-11-21(20)22/h3-11,19-23H,12-17H2,1-2H3. The van der Waals surface area contributed by atoms with E-state index in [0.717, 1.165) is 23.3 Å². The van der Waals surface area contributed by atoms with Crippen molar-refractivity contribution in [2.75, 3.05) is 26.2 Å². The van der Waals surface area contributed by atoms with Crippen LogP contribution in [0.2, 0.25) is 18.6 Å². The maximum absolute atomic E-state index is 3.53. The first-order valence-corrected chi connectivity index (χ1v) is 13.0. The van der Waals surface area contributed by atoms with Gasteiger partial charge in [0, 0.05) is 26.2 Å². The number of piperazine rings is 1. The van der Waals surface area contributed by atoms with E-state index >= 15 is 0 Å². The Kier molecular flexibility index (Phi) is 4.98. The van der Waals surface area contributed by atoms with Gasteiger partial charge in [-0.2, -0.15) is 0 Å². The van der Waals surface area contributed by atoms with Gasteiger partial charge in [0.05, 0.1) is 0 Å². The van der Waals surface area contributed by atoms with Crippen LogP contribution >= 0.6 is 0 Å². The number of hydrogen-bond donors (Lipinski definition) is 1. The van der Waals surface area contributed by atoms with Gasteiger partial charge < -0.3 is 9.88 Å². The Bertz CT molecular complexity index is 631. The zero-order chi connectivity index (χ0) is 17.3. The summed E-state index contributed by atoms with van der Waals surface area (Å²) in [4.78, 5) is 0. The predicted octanol–water partition coefficient (Wildman–Crippen LogP) is 4.09. The highest BCUT2D eigenvalue weighted by molar-refractivity contribution is 6.76. The molecular formula is C22H32N2Si. The molecule has 1 aromatic carbocycles. The van der Waals surface area contributed by atoms with Gasteiger partial charge >= 0.3 is 0 Å². The lowest BCUT2D eigenvalue weighted by Gasteiger charge is -2.45. The van der Waals surface area contributed by atoms with Gasteiger partial charge in [0.1, 0.15) is 8.24 Å². The first-order chi connectivity index (χ1) is 12.2. The molecule has 2 aliphatic carbocycles. The average molecular weight is 353 g/mol. The van der Waals surface area contributed by atoms with E-state index in [9.17, 15) is 0 Å². The van der Waals surface area contributed by atoms with Crippen molar-refractivity contribution in [3.8, 4) is 0 Å². The van der Waals surface area contributed by atoms with Gasteiger partial charge in [0.2, 0.25) is 0 Å². The quantitative estimate of drug-likeness (QED) is 0.821. The van der Waals surface area contributed by atoms with Gasteiger partial charge in [0.25, 0.3) is 0 Å². The number of allylic oxidation sites excluding steroid dienone is 4. The third-order valence-electron chi connectivity index (χ3n) is 6.97. The minimum absolute atomic E-state index is 0.741. The second kappa shape index (κ2) is 7.22.